The minimum absolute atomic E-state index is 0.00416. The quantitative estimate of drug-likeness (QED) is 0.870. The SMILES string of the molecule is O=C(c1ccc(Cl)c(Cl)c1)N1CCC(c2nnc3n2CCNC3)CC1. The molecular formula is C17H19Cl2N5O. The van der Waals surface area contributed by atoms with Crippen molar-refractivity contribution in [2.75, 3.05) is 19.6 Å². The average molecular weight is 380 g/mol. The van der Waals surface area contributed by atoms with Crippen molar-refractivity contribution in [2.45, 2.75) is 31.8 Å². The van der Waals surface area contributed by atoms with E-state index >= 15 is 0 Å². The highest BCUT2D eigenvalue weighted by Crippen LogP contribution is 2.29. The summed E-state index contributed by atoms with van der Waals surface area (Å²) in [6.07, 6.45) is 1.80. The number of rotatable bonds is 2. The number of amides is 1. The molecular weight excluding hydrogens is 361 g/mol. The number of nitrogens with zero attached hydrogens (tertiary/aromatic N) is 4. The summed E-state index contributed by atoms with van der Waals surface area (Å²) in [5.74, 6) is 2.44. The van der Waals surface area contributed by atoms with Gasteiger partial charge in [0.25, 0.3) is 5.91 Å². The zero-order chi connectivity index (χ0) is 17.4. The molecule has 8 heteroatoms. The molecule has 1 aromatic heterocycles. The molecule has 0 spiro atoms. The van der Waals surface area contributed by atoms with Crippen molar-refractivity contribution in [1.29, 1.82) is 0 Å². The number of carbonyl (C=O) groups is 1. The van der Waals surface area contributed by atoms with E-state index in [1.54, 1.807) is 18.2 Å². The number of benzene rings is 1. The molecule has 1 amide bonds. The average Bonchev–Trinajstić information content (AvgIpc) is 3.08. The summed E-state index contributed by atoms with van der Waals surface area (Å²) in [5.41, 5.74) is 0.582. The van der Waals surface area contributed by atoms with Gasteiger partial charge in [-0.2, -0.15) is 0 Å². The number of nitrogens with one attached hydrogen (secondary N) is 1. The molecule has 0 unspecified atom stereocenters. The molecule has 1 saturated heterocycles. The lowest BCUT2D eigenvalue weighted by atomic mass is 9.95. The van der Waals surface area contributed by atoms with Crippen molar-refractivity contribution in [3.63, 3.8) is 0 Å². The molecule has 2 aliphatic heterocycles. The van der Waals surface area contributed by atoms with Crippen LogP contribution in [0.1, 0.15) is 40.8 Å². The van der Waals surface area contributed by atoms with Gasteiger partial charge >= 0.3 is 0 Å². The van der Waals surface area contributed by atoms with Crippen molar-refractivity contribution in [3.05, 3.63) is 45.5 Å². The second-order valence-electron chi connectivity index (χ2n) is 6.50. The molecule has 0 saturated carbocycles. The van der Waals surface area contributed by atoms with Crippen LogP contribution < -0.4 is 5.32 Å². The largest absolute Gasteiger partial charge is 0.339 e. The van der Waals surface area contributed by atoms with E-state index in [2.05, 4.69) is 20.1 Å². The van der Waals surface area contributed by atoms with Gasteiger partial charge in [-0.1, -0.05) is 23.2 Å². The number of halogens is 2. The van der Waals surface area contributed by atoms with E-state index in [1.165, 1.54) is 0 Å². The van der Waals surface area contributed by atoms with Crippen LogP contribution in [-0.4, -0.2) is 45.2 Å². The van der Waals surface area contributed by atoms with Gasteiger partial charge in [0, 0.05) is 37.7 Å². The zero-order valence-electron chi connectivity index (χ0n) is 13.7. The summed E-state index contributed by atoms with van der Waals surface area (Å²) in [5, 5.41) is 12.9. The van der Waals surface area contributed by atoms with Crippen LogP contribution >= 0.6 is 23.2 Å². The third kappa shape index (κ3) is 3.26. The molecule has 132 valence electrons. The fourth-order valence-electron chi connectivity index (χ4n) is 3.57. The van der Waals surface area contributed by atoms with Crippen LogP contribution in [-0.2, 0) is 13.1 Å². The summed E-state index contributed by atoms with van der Waals surface area (Å²) in [6, 6.07) is 5.03. The van der Waals surface area contributed by atoms with Crippen LogP contribution in [0.25, 0.3) is 0 Å². The normalized spacial score (nSPS) is 18.2. The Bertz CT molecular complexity index is 798. The molecule has 6 nitrogen and oxygen atoms in total. The predicted octanol–water partition coefficient (Wildman–Crippen LogP) is 2.71. The lowest BCUT2D eigenvalue weighted by Crippen LogP contribution is -2.39. The van der Waals surface area contributed by atoms with E-state index in [4.69, 9.17) is 23.2 Å². The summed E-state index contributed by atoms with van der Waals surface area (Å²) in [4.78, 5) is 14.6. The molecule has 4 rings (SSSR count). The molecule has 0 bridgehead atoms. The number of carbonyl (C=O) groups excluding carboxylic acids is 1. The van der Waals surface area contributed by atoms with Gasteiger partial charge < -0.3 is 14.8 Å². The topological polar surface area (TPSA) is 63.1 Å². The number of fused-ring (bicyclic) bond motifs is 1. The summed E-state index contributed by atoms with van der Waals surface area (Å²) >= 11 is 12.0. The highest BCUT2D eigenvalue weighted by molar-refractivity contribution is 6.42. The number of likely N-dealkylation sites (tertiary alicyclic amines) is 1. The number of hydrogen-bond acceptors (Lipinski definition) is 4. The second-order valence-corrected chi connectivity index (χ2v) is 7.31. The molecule has 1 N–H and O–H groups in total. The lowest BCUT2D eigenvalue weighted by Gasteiger charge is -2.32. The number of hydrogen-bond donors (Lipinski definition) is 1. The van der Waals surface area contributed by atoms with Crippen molar-refractivity contribution in [1.82, 2.24) is 25.0 Å². The molecule has 2 aromatic rings. The smallest absolute Gasteiger partial charge is 0.253 e. The van der Waals surface area contributed by atoms with Gasteiger partial charge in [0.1, 0.15) is 11.6 Å². The Balaban J connectivity index is 1.43. The van der Waals surface area contributed by atoms with Gasteiger partial charge in [-0.3, -0.25) is 4.79 Å². The van der Waals surface area contributed by atoms with Crippen molar-refractivity contribution < 1.29 is 4.79 Å². The summed E-state index contributed by atoms with van der Waals surface area (Å²) in [6.45, 7) is 4.07. The predicted molar refractivity (Wildman–Crippen MR) is 96.1 cm³/mol. The van der Waals surface area contributed by atoms with Gasteiger partial charge in [-0.05, 0) is 31.0 Å². The third-order valence-electron chi connectivity index (χ3n) is 4.97. The van der Waals surface area contributed by atoms with Crippen molar-refractivity contribution in [3.8, 4) is 0 Å². The molecule has 2 aliphatic rings. The summed E-state index contributed by atoms with van der Waals surface area (Å²) < 4.78 is 2.23. The van der Waals surface area contributed by atoms with Crippen molar-refractivity contribution in [2.24, 2.45) is 0 Å². The van der Waals surface area contributed by atoms with Gasteiger partial charge in [0.2, 0.25) is 0 Å². The summed E-state index contributed by atoms with van der Waals surface area (Å²) in [7, 11) is 0. The molecule has 0 atom stereocenters. The Morgan fingerprint density at radius 3 is 2.68 bits per heavy atom. The monoisotopic (exact) mass is 379 g/mol. The first-order valence-electron chi connectivity index (χ1n) is 8.50. The van der Waals surface area contributed by atoms with Crippen LogP contribution in [0.5, 0.6) is 0 Å². The first kappa shape index (κ1) is 16.8. The van der Waals surface area contributed by atoms with Crippen LogP contribution in [0.2, 0.25) is 10.0 Å². The van der Waals surface area contributed by atoms with Crippen LogP contribution in [0.3, 0.4) is 0 Å². The molecule has 0 radical (unpaired) electrons. The van der Waals surface area contributed by atoms with Gasteiger partial charge in [0.15, 0.2) is 0 Å². The highest BCUT2D eigenvalue weighted by atomic mass is 35.5. The first-order valence-corrected chi connectivity index (χ1v) is 9.26. The minimum atomic E-state index is 0.00416. The molecule has 0 aliphatic carbocycles. The third-order valence-corrected chi connectivity index (χ3v) is 5.70. The maximum atomic E-state index is 12.7. The van der Waals surface area contributed by atoms with Crippen LogP contribution in [0, 0.1) is 0 Å². The van der Waals surface area contributed by atoms with Gasteiger partial charge in [-0.15, -0.1) is 10.2 Å². The Kier molecular flexibility index (Phi) is 4.67. The Morgan fingerprint density at radius 2 is 1.92 bits per heavy atom. The first-order chi connectivity index (χ1) is 12.1. The molecule has 3 heterocycles. The van der Waals surface area contributed by atoms with E-state index in [0.29, 0.717) is 34.6 Å². The van der Waals surface area contributed by atoms with Gasteiger partial charge in [0.05, 0.1) is 16.6 Å². The van der Waals surface area contributed by atoms with Crippen molar-refractivity contribution >= 4 is 29.1 Å². The lowest BCUT2D eigenvalue weighted by molar-refractivity contribution is 0.0710. The number of piperidine rings is 1. The zero-order valence-corrected chi connectivity index (χ0v) is 15.2. The van der Waals surface area contributed by atoms with Crippen LogP contribution in [0.4, 0.5) is 0 Å². The van der Waals surface area contributed by atoms with Gasteiger partial charge in [-0.25, -0.2) is 0 Å². The fraction of sp³-hybridized carbons (Fsp3) is 0.471. The Labute approximate surface area is 156 Å². The Morgan fingerprint density at radius 1 is 1.12 bits per heavy atom. The molecule has 1 fully saturated rings. The maximum Gasteiger partial charge on any atom is 0.253 e. The van der Waals surface area contributed by atoms with E-state index in [9.17, 15) is 4.79 Å². The highest BCUT2D eigenvalue weighted by Gasteiger charge is 2.29. The maximum absolute atomic E-state index is 12.7. The molecule has 25 heavy (non-hydrogen) atoms. The molecule has 1 aromatic carbocycles. The van der Waals surface area contributed by atoms with Crippen LogP contribution in [0.15, 0.2) is 18.2 Å². The van der Waals surface area contributed by atoms with E-state index in [1.807, 2.05) is 4.90 Å². The van der Waals surface area contributed by atoms with E-state index in [0.717, 1.165) is 44.1 Å². The number of aromatic nitrogens is 3. The standard InChI is InChI=1S/C17H19Cl2N5O/c18-13-2-1-12(9-14(13)19)17(25)23-6-3-11(4-7-23)16-22-21-15-10-20-5-8-24(15)16/h1-2,9,11,20H,3-8,10H2. The second kappa shape index (κ2) is 6.94. The Hall–Kier alpha value is -1.63. The van der Waals surface area contributed by atoms with E-state index in [-0.39, 0.29) is 5.91 Å². The minimum Gasteiger partial charge on any atom is -0.339 e. The van der Waals surface area contributed by atoms with E-state index < -0.39 is 0 Å². The fourth-order valence-corrected chi connectivity index (χ4v) is 3.87.